The molecule has 0 amide bonds. The highest BCUT2D eigenvalue weighted by atomic mass is 16.5. The van der Waals surface area contributed by atoms with E-state index in [1.54, 1.807) is 21.3 Å². The fourth-order valence-electron chi connectivity index (χ4n) is 3.27. The molecule has 0 unspecified atom stereocenters. The van der Waals surface area contributed by atoms with Crippen LogP contribution in [0.1, 0.15) is 37.7 Å². The van der Waals surface area contributed by atoms with Crippen LogP contribution in [0.5, 0.6) is 11.5 Å². The van der Waals surface area contributed by atoms with Gasteiger partial charge < -0.3 is 25.0 Å². The number of hydrogen-bond acceptors (Lipinski definition) is 4. The molecule has 0 aromatic heterocycles. The Bertz CT molecular complexity index is 555. The molecule has 6 nitrogen and oxygen atoms in total. The van der Waals surface area contributed by atoms with Gasteiger partial charge in [0.2, 0.25) is 0 Å². The van der Waals surface area contributed by atoms with Gasteiger partial charge in [0.25, 0.3) is 0 Å². The minimum atomic E-state index is 0.652. The zero-order valence-electron chi connectivity index (χ0n) is 16.5. The molecule has 1 aliphatic heterocycles. The number of nitrogens with zero attached hydrogens (tertiary/aromatic N) is 2. The Kier molecular flexibility index (Phi) is 9.10. The number of aliphatic imine (C=N–C) groups is 1. The van der Waals surface area contributed by atoms with E-state index in [0.717, 1.165) is 42.5 Å². The summed E-state index contributed by atoms with van der Waals surface area (Å²) in [5, 5.41) is 6.75. The lowest BCUT2D eigenvalue weighted by molar-refractivity contribution is 0.282. The molecule has 26 heavy (non-hydrogen) atoms. The summed E-state index contributed by atoms with van der Waals surface area (Å²) in [6, 6.07) is 5.85. The lowest BCUT2D eigenvalue weighted by Gasteiger charge is -2.20. The van der Waals surface area contributed by atoms with Gasteiger partial charge in [-0.3, -0.25) is 4.99 Å². The third kappa shape index (κ3) is 6.75. The third-order valence-electron chi connectivity index (χ3n) is 4.81. The second-order valence-electron chi connectivity index (χ2n) is 6.64. The van der Waals surface area contributed by atoms with Gasteiger partial charge in [0.1, 0.15) is 11.5 Å². The van der Waals surface area contributed by atoms with Crippen molar-refractivity contribution in [1.82, 2.24) is 15.5 Å². The van der Waals surface area contributed by atoms with Crippen molar-refractivity contribution >= 4 is 5.96 Å². The molecular weight excluding hydrogens is 328 g/mol. The lowest BCUT2D eigenvalue weighted by atomic mass is 10.2. The summed E-state index contributed by atoms with van der Waals surface area (Å²) in [6.45, 7) is 5.25. The van der Waals surface area contributed by atoms with Gasteiger partial charge >= 0.3 is 0 Å². The van der Waals surface area contributed by atoms with Crippen LogP contribution in [0, 0.1) is 0 Å². The van der Waals surface area contributed by atoms with E-state index in [1.807, 2.05) is 18.2 Å². The zero-order valence-corrected chi connectivity index (χ0v) is 16.5. The Morgan fingerprint density at radius 1 is 1.08 bits per heavy atom. The molecule has 1 saturated heterocycles. The molecule has 0 bridgehead atoms. The van der Waals surface area contributed by atoms with Crippen molar-refractivity contribution in [3.05, 3.63) is 23.8 Å². The highest BCUT2D eigenvalue weighted by Crippen LogP contribution is 2.24. The summed E-state index contributed by atoms with van der Waals surface area (Å²) >= 11 is 0. The maximum atomic E-state index is 5.44. The first-order valence-corrected chi connectivity index (χ1v) is 9.64. The lowest BCUT2D eigenvalue weighted by Crippen LogP contribution is -2.38. The minimum absolute atomic E-state index is 0.652. The molecule has 1 aromatic carbocycles. The SMILES string of the molecule is CN=C(NCCCN1CCCCCC1)NCc1ccc(OC)cc1OC. The monoisotopic (exact) mass is 362 g/mol. The molecule has 6 heteroatoms. The standard InChI is InChI=1S/C20H34N4O2/c1-21-20(22-11-8-14-24-12-6-4-5-7-13-24)23-16-17-9-10-18(25-2)15-19(17)26-3/h9-10,15H,4-8,11-14,16H2,1-3H3,(H2,21,22,23). The molecule has 0 saturated carbocycles. The second-order valence-corrected chi connectivity index (χ2v) is 6.64. The van der Waals surface area contributed by atoms with Crippen molar-refractivity contribution in [3.8, 4) is 11.5 Å². The summed E-state index contributed by atoms with van der Waals surface area (Å²) in [4.78, 5) is 6.90. The molecule has 1 aromatic rings. The Hall–Kier alpha value is -1.95. The number of rotatable bonds is 8. The fourth-order valence-corrected chi connectivity index (χ4v) is 3.27. The quantitative estimate of drug-likeness (QED) is 0.423. The number of ether oxygens (including phenoxy) is 2. The first-order valence-electron chi connectivity index (χ1n) is 9.64. The van der Waals surface area contributed by atoms with E-state index in [0.29, 0.717) is 6.54 Å². The maximum Gasteiger partial charge on any atom is 0.191 e. The molecule has 2 N–H and O–H groups in total. The predicted octanol–water partition coefficient (Wildman–Crippen LogP) is 2.63. The van der Waals surface area contributed by atoms with Crippen LogP contribution in [-0.2, 0) is 6.54 Å². The van der Waals surface area contributed by atoms with Gasteiger partial charge in [-0.25, -0.2) is 0 Å². The topological polar surface area (TPSA) is 58.1 Å². The van der Waals surface area contributed by atoms with Gasteiger partial charge in [-0.1, -0.05) is 12.8 Å². The van der Waals surface area contributed by atoms with Gasteiger partial charge in [0.05, 0.1) is 14.2 Å². The molecule has 2 rings (SSSR count). The minimum Gasteiger partial charge on any atom is -0.497 e. The van der Waals surface area contributed by atoms with Crippen molar-refractivity contribution in [2.75, 3.05) is 47.4 Å². The molecule has 1 fully saturated rings. The third-order valence-corrected chi connectivity index (χ3v) is 4.81. The Labute approximate surface area is 158 Å². The van der Waals surface area contributed by atoms with Crippen LogP contribution in [-0.4, -0.2) is 58.3 Å². The van der Waals surface area contributed by atoms with Crippen LogP contribution in [0.2, 0.25) is 0 Å². The van der Waals surface area contributed by atoms with E-state index in [1.165, 1.54) is 38.8 Å². The van der Waals surface area contributed by atoms with Crippen molar-refractivity contribution < 1.29 is 9.47 Å². The number of benzene rings is 1. The van der Waals surface area contributed by atoms with Crippen LogP contribution in [0.15, 0.2) is 23.2 Å². The number of nitrogens with one attached hydrogen (secondary N) is 2. The molecule has 1 heterocycles. The molecule has 0 atom stereocenters. The van der Waals surface area contributed by atoms with Crippen molar-refractivity contribution in [2.45, 2.75) is 38.6 Å². The Balaban J connectivity index is 1.72. The molecule has 146 valence electrons. The van der Waals surface area contributed by atoms with Crippen molar-refractivity contribution in [3.63, 3.8) is 0 Å². The van der Waals surface area contributed by atoms with E-state index >= 15 is 0 Å². The average molecular weight is 363 g/mol. The van der Waals surface area contributed by atoms with E-state index in [4.69, 9.17) is 9.47 Å². The number of guanidine groups is 1. The van der Waals surface area contributed by atoms with Gasteiger partial charge in [-0.2, -0.15) is 0 Å². The predicted molar refractivity (Wildman–Crippen MR) is 107 cm³/mol. The summed E-state index contributed by atoms with van der Waals surface area (Å²) < 4.78 is 10.7. The number of methoxy groups -OCH3 is 2. The highest BCUT2D eigenvalue weighted by Gasteiger charge is 2.09. The average Bonchev–Trinajstić information content (AvgIpc) is 2.96. The summed E-state index contributed by atoms with van der Waals surface area (Å²) in [7, 11) is 5.13. The molecule has 0 aliphatic carbocycles. The summed E-state index contributed by atoms with van der Waals surface area (Å²) in [6.07, 6.45) is 6.60. The van der Waals surface area contributed by atoms with Gasteiger partial charge in [-0.15, -0.1) is 0 Å². The molecule has 0 spiro atoms. The highest BCUT2D eigenvalue weighted by molar-refractivity contribution is 5.79. The van der Waals surface area contributed by atoms with Crippen LogP contribution < -0.4 is 20.1 Å². The van der Waals surface area contributed by atoms with E-state index in [-0.39, 0.29) is 0 Å². The van der Waals surface area contributed by atoms with Gasteiger partial charge in [0.15, 0.2) is 5.96 Å². The number of likely N-dealkylation sites (tertiary alicyclic amines) is 1. The summed E-state index contributed by atoms with van der Waals surface area (Å²) in [5.41, 5.74) is 1.07. The first kappa shape index (κ1) is 20.4. The first-order chi connectivity index (χ1) is 12.8. The van der Waals surface area contributed by atoms with E-state index in [9.17, 15) is 0 Å². The zero-order chi connectivity index (χ0) is 18.6. The Morgan fingerprint density at radius 3 is 2.50 bits per heavy atom. The normalized spacial score (nSPS) is 16.0. The molecule has 1 aliphatic rings. The second kappa shape index (κ2) is 11.6. The van der Waals surface area contributed by atoms with E-state index < -0.39 is 0 Å². The van der Waals surface area contributed by atoms with Gasteiger partial charge in [-0.05, 0) is 51.0 Å². The van der Waals surface area contributed by atoms with Crippen LogP contribution in [0.4, 0.5) is 0 Å². The Morgan fingerprint density at radius 2 is 1.85 bits per heavy atom. The largest absolute Gasteiger partial charge is 0.497 e. The number of hydrogen-bond donors (Lipinski definition) is 2. The summed E-state index contributed by atoms with van der Waals surface area (Å²) in [5.74, 6) is 2.42. The van der Waals surface area contributed by atoms with Crippen LogP contribution in [0.3, 0.4) is 0 Å². The van der Waals surface area contributed by atoms with Crippen LogP contribution in [0.25, 0.3) is 0 Å². The van der Waals surface area contributed by atoms with E-state index in [2.05, 4.69) is 20.5 Å². The van der Waals surface area contributed by atoms with Crippen molar-refractivity contribution in [2.24, 2.45) is 4.99 Å². The van der Waals surface area contributed by atoms with Gasteiger partial charge in [0, 0.05) is 31.8 Å². The van der Waals surface area contributed by atoms with Crippen LogP contribution >= 0.6 is 0 Å². The molecule has 0 radical (unpaired) electrons. The molecular formula is C20H34N4O2. The van der Waals surface area contributed by atoms with Crippen molar-refractivity contribution in [1.29, 1.82) is 0 Å². The smallest absolute Gasteiger partial charge is 0.191 e. The fraction of sp³-hybridized carbons (Fsp3) is 0.650. The maximum absolute atomic E-state index is 5.44.